The fourth-order valence-electron chi connectivity index (χ4n) is 3.10. The maximum Gasteiger partial charge on any atom is 0.277 e. The monoisotopic (exact) mass is 363 g/mol. The van der Waals surface area contributed by atoms with Gasteiger partial charge in [0.2, 0.25) is 0 Å². The predicted octanol–water partition coefficient (Wildman–Crippen LogP) is 2.42. The normalized spacial score (nSPS) is 14.1. The molecular formula is C20H21N5O2. The number of hydrogen-bond acceptors (Lipinski definition) is 5. The molecule has 1 aliphatic heterocycles. The summed E-state index contributed by atoms with van der Waals surface area (Å²) in [5.74, 6) is -0.268. The number of amides is 1. The van der Waals surface area contributed by atoms with Crippen molar-refractivity contribution in [3.05, 3.63) is 72.1 Å². The number of aromatic nitrogens is 3. The van der Waals surface area contributed by atoms with Gasteiger partial charge in [-0.05, 0) is 17.7 Å². The van der Waals surface area contributed by atoms with Crippen LogP contribution in [0.2, 0.25) is 0 Å². The average Bonchev–Trinajstić information content (AvgIpc) is 3.18. The lowest BCUT2D eigenvalue weighted by atomic mass is 10.2. The largest absolute Gasteiger partial charge is 0.378 e. The van der Waals surface area contributed by atoms with E-state index >= 15 is 0 Å². The van der Waals surface area contributed by atoms with E-state index < -0.39 is 0 Å². The number of carbonyl (C=O) groups excluding carboxylic acids is 1. The molecular weight excluding hydrogens is 342 g/mol. The van der Waals surface area contributed by atoms with Gasteiger partial charge in [0.1, 0.15) is 0 Å². The van der Waals surface area contributed by atoms with Crippen LogP contribution in [0, 0.1) is 0 Å². The summed E-state index contributed by atoms with van der Waals surface area (Å²) in [6.45, 7) is 3.57. The van der Waals surface area contributed by atoms with Gasteiger partial charge in [0.15, 0.2) is 5.69 Å². The highest BCUT2D eigenvalue weighted by atomic mass is 16.5. The van der Waals surface area contributed by atoms with Gasteiger partial charge < -0.3 is 15.0 Å². The van der Waals surface area contributed by atoms with Crippen molar-refractivity contribution in [3.63, 3.8) is 0 Å². The van der Waals surface area contributed by atoms with E-state index in [2.05, 4.69) is 20.5 Å². The van der Waals surface area contributed by atoms with E-state index in [9.17, 15) is 4.79 Å². The zero-order chi connectivity index (χ0) is 18.5. The molecule has 2 heterocycles. The smallest absolute Gasteiger partial charge is 0.277 e. The van der Waals surface area contributed by atoms with Gasteiger partial charge in [0.05, 0.1) is 37.3 Å². The highest BCUT2D eigenvalue weighted by molar-refractivity contribution is 6.04. The van der Waals surface area contributed by atoms with Crippen LogP contribution < -0.4 is 10.2 Å². The van der Waals surface area contributed by atoms with Gasteiger partial charge in [0, 0.05) is 13.1 Å². The minimum atomic E-state index is -0.268. The van der Waals surface area contributed by atoms with Crippen LogP contribution in [0.5, 0.6) is 0 Å². The topological polar surface area (TPSA) is 72.3 Å². The number of carbonyl (C=O) groups is 1. The molecule has 0 radical (unpaired) electrons. The van der Waals surface area contributed by atoms with E-state index in [0.717, 1.165) is 30.0 Å². The molecule has 0 saturated carbocycles. The number of benzene rings is 2. The van der Waals surface area contributed by atoms with E-state index in [1.165, 1.54) is 0 Å². The molecule has 0 aliphatic carbocycles. The lowest BCUT2D eigenvalue weighted by molar-refractivity contribution is 0.102. The van der Waals surface area contributed by atoms with Crippen molar-refractivity contribution in [1.29, 1.82) is 0 Å². The quantitative estimate of drug-likeness (QED) is 0.754. The molecule has 7 nitrogen and oxygen atoms in total. The first-order valence-corrected chi connectivity index (χ1v) is 8.97. The van der Waals surface area contributed by atoms with Crippen LogP contribution in [0.4, 0.5) is 11.4 Å². The van der Waals surface area contributed by atoms with Crippen molar-refractivity contribution < 1.29 is 9.53 Å². The first-order chi connectivity index (χ1) is 13.3. The molecule has 0 atom stereocenters. The molecule has 1 fully saturated rings. The summed E-state index contributed by atoms with van der Waals surface area (Å²) in [5, 5.41) is 11.0. The number of hydrogen-bond donors (Lipinski definition) is 1. The van der Waals surface area contributed by atoms with Gasteiger partial charge in [-0.25, -0.2) is 4.68 Å². The maximum absolute atomic E-state index is 12.6. The van der Waals surface area contributed by atoms with E-state index in [1.807, 2.05) is 54.6 Å². The van der Waals surface area contributed by atoms with Crippen molar-refractivity contribution in [3.8, 4) is 0 Å². The fraction of sp³-hybridized carbons (Fsp3) is 0.250. The third kappa shape index (κ3) is 4.15. The lowest BCUT2D eigenvalue weighted by Gasteiger charge is -2.30. The molecule has 1 saturated heterocycles. The van der Waals surface area contributed by atoms with Crippen LogP contribution >= 0.6 is 0 Å². The highest BCUT2D eigenvalue weighted by Gasteiger charge is 2.17. The molecule has 0 bridgehead atoms. The SMILES string of the molecule is O=C(Nc1ccccc1N1CCOCC1)c1cn(Cc2ccccc2)nn1. The van der Waals surface area contributed by atoms with Crippen molar-refractivity contribution >= 4 is 17.3 Å². The number of ether oxygens (including phenoxy) is 1. The van der Waals surface area contributed by atoms with Crippen molar-refractivity contribution in [2.75, 3.05) is 36.5 Å². The third-order valence-electron chi connectivity index (χ3n) is 4.46. The molecule has 1 aliphatic rings. The number of nitrogens with zero attached hydrogens (tertiary/aromatic N) is 4. The van der Waals surface area contributed by atoms with Crippen molar-refractivity contribution in [2.24, 2.45) is 0 Å². The predicted molar refractivity (Wildman–Crippen MR) is 103 cm³/mol. The molecule has 7 heteroatoms. The molecule has 1 N–H and O–H groups in total. The van der Waals surface area contributed by atoms with Crippen LogP contribution in [-0.4, -0.2) is 47.2 Å². The van der Waals surface area contributed by atoms with Gasteiger partial charge in [-0.1, -0.05) is 47.7 Å². The minimum absolute atomic E-state index is 0.268. The number of nitrogens with one attached hydrogen (secondary N) is 1. The van der Waals surface area contributed by atoms with Gasteiger partial charge in [-0.2, -0.15) is 0 Å². The average molecular weight is 363 g/mol. The summed E-state index contributed by atoms with van der Waals surface area (Å²) in [4.78, 5) is 14.9. The van der Waals surface area contributed by atoms with Crippen LogP contribution in [0.3, 0.4) is 0 Å². The van der Waals surface area contributed by atoms with Gasteiger partial charge in [-0.3, -0.25) is 4.79 Å². The Labute approximate surface area is 157 Å². The Hall–Kier alpha value is -3.19. The zero-order valence-corrected chi connectivity index (χ0v) is 14.9. The van der Waals surface area contributed by atoms with E-state index in [-0.39, 0.29) is 5.91 Å². The van der Waals surface area contributed by atoms with E-state index in [1.54, 1.807) is 10.9 Å². The Morgan fingerprint density at radius 1 is 1.04 bits per heavy atom. The molecule has 27 heavy (non-hydrogen) atoms. The van der Waals surface area contributed by atoms with E-state index in [4.69, 9.17) is 4.74 Å². The number of anilines is 2. The van der Waals surface area contributed by atoms with Crippen LogP contribution in [0.15, 0.2) is 60.8 Å². The minimum Gasteiger partial charge on any atom is -0.378 e. The van der Waals surface area contributed by atoms with Crippen LogP contribution in [0.1, 0.15) is 16.1 Å². The second-order valence-corrected chi connectivity index (χ2v) is 6.36. The van der Waals surface area contributed by atoms with Crippen LogP contribution in [-0.2, 0) is 11.3 Å². The molecule has 4 rings (SSSR count). The number of morpholine rings is 1. The zero-order valence-electron chi connectivity index (χ0n) is 14.9. The summed E-state index contributed by atoms with van der Waals surface area (Å²) >= 11 is 0. The third-order valence-corrected chi connectivity index (χ3v) is 4.46. The highest BCUT2D eigenvalue weighted by Crippen LogP contribution is 2.26. The molecule has 1 aromatic heterocycles. The molecule has 0 spiro atoms. The molecule has 1 amide bonds. The Morgan fingerprint density at radius 2 is 1.78 bits per heavy atom. The number of para-hydroxylation sites is 2. The second-order valence-electron chi connectivity index (χ2n) is 6.36. The molecule has 3 aromatic rings. The lowest BCUT2D eigenvalue weighted by Crippen LogP contribution is -2.36. The van der Waals surface area contributed by atoms with Gasteiger partial charge in [0.25, 0.3) is 5.91 Å². The van der Waals surface area contributed by atoms with Gasteiger partial charge in [-0.15, -0.1) is 5.10 Å². The standard InChI is InChI=1S/C20H21N5O2/c26-20(18-15-25(23-22-18)14-16-6-2-1-3-7-16)21-17-8-4-5-9-19(17)24-10-12-27-13-11-24/h1-9,15H,10-14H2,(H,21,26). The summed E-state index contributed by atoms with van der Waals surface area (Å²) in [6, 6.07) is 17.7. The first-order valence-electron chi connectivity index (χ1n) is 8.97. The molecule has 2 aromatic carbocycles. The summed E-state index contributed by atoms with van der Waals surface area (Å²) in [5.41, 5.74) is 3.16. The van der Waals surface area contributed by atoms with Gasteiger partial charge >= 0.3 is 0 Å². The van der Waals surface area contributed by atoms with Crippen molar-refractivity contribution in [1.82, 2.24) is 15.0 Å². The fourth-order valence-corrected chi connectivity index (χ4v) is 3.10. The number of rotatable bonds is 5. The first kappa shape index (κ1) is 17.2. The van der Waals surface area contributed by atoms with Crippen molar-refractivity contribution in [2.45, 2.75) is 6.54 Å². The Bertz CT molecular complexity index is 904. The molecule has 0 unspecified atom stereocenters. The Morgan fingerprint density at radius 3 is 2.59 bits per heavy atom. The summed E-state index contributed by atoms with van der Waals surface area (Å²) in [7, 11) is 0. The summed E-state index contributed by atoms with van der Waals surface area (Å²) in [6.07, 6.45) is 1.67. The van der Waals surface area contributed by atoms with Crippen LogP contribution in [0.25, 0.3) is 0 Å². The second kappa shape index (κ2) is 8.01. The molecule has 138 valence electrons. The maximum atomic E-state index is 12.6. The van der Waals surface area contributed by atoms with E-state index in [0.29, 0.717) is 25.5 Å². The Balaban J connectivity index is 1.47. The Kier molecular flexibility index (Phi) is 5.11. The summed E-state index contributed by atoms with van der Waals surface area (Å²) < 4.78 is 7.08.